The Morgan fingerprint density at radius 3 is 2.75 bits per heavy atom. The molecule has 1 aromatic carbocycles. The average molecular weight is 296 g/mol. The summed E-state index contributed by atoms with van der Waals surface area (Å²) in [7, 11) is 1.12. The number of ether oxygens (including phenoxy) is 1. The summed E-state index contributed by atoms with van der Waals surface area (Å²) >= 11 is 5.90. The lowest BCUT2D eigenvalue weighted by molar-refractivity contribution is -0.153. The molecule has 0 aromatic heterocycles. The van der Waals surface area contributed by atoms with Gasteiger partial charge in [0.1, 0.15) is 5.54 Å². The third-order valence-corrected chi connectivity index (χ3v) is 3.70. The van der Waals surface area contributed by atoms with Gasteiger partial charge in [-0.2, -0.15) is 0 Å². The molecule has 0 bridgehead atoms. The van der Waals surface area contributed by atoms with Crippen LogP contribution in [-0.4, -0.2) is 30.3 Å². The number of hydrogen-bond acceptors (Lipinski definition) is 4. The van der Waals surface area contributed by atoms with Gasteiger partial charge in [-0.3, -0.25) is 9.59 Å². The average Bonchev–Trinajstić information content (AvgIpc) is 2.42. The molecule has 1 aromatic rings. The molecule has 1 atom stereocenters. The van der Waals surface area contributed by atoms with Crippen LogP contribution in [0.15, 0.2) is 18.2 Å². The van der Waals surface area contributed by atoms with Crippen molar-refractivity contribution in [2.45, 2.75) is 25.3 Å². The second-order valence-corrected chi connectivity index (χ2v) is 5.34. The summed E-state index contributed by atoms with van der Waals surface area (Å²) in [6.45, 7) is 1.60. The van der Waals surface area contributed by atoms with Crippen LogP contribution in [0.4, 0.5) is 0 Å². The molecular formula is C14H14ClNO4. The Kier molecular flexibility index (Phi) is 3.81. The zero-order chi connectivity index (χ0) is 14.9. The van der Waals surface area contributed by atoms with E-state index in [4.69, 9.17) is 11.6 Å². The number of Topliss-reactive ketones (excluding diaryl/α,β-unsaturated/α-hetero) is 1. The van der Waals surface area contributed by atoms with Gasteiger partial charge >= 0.3 is 11.9 Å². The van der Waals surface area contributed by atoms with Crippen LogP contribution < -0.4 is 5.32 Å². The lowest BCUT2D eigenvalue weighted by atomic mass is 9.78. The fraction of sp³-hybridized carbons (Fsp3) is 0.357. The van der Waals surface area contributed by atoms with Crippen LogP contribution in [0.3, 0.4) is 0 Å². The number of carbonyl (C=O) groups is 3. The van der Waals surface area contributed by atoms with Crippen molar-refractivity contribution in [3.05, 3.63) is 34.3 Å². The van der Waals surface area contributed by atoms with E-state index in [1.165, 1.54) is 0 Å². The van der Waals surface area contributed by atoms with Gasteiger partial charge in [0.05, 0.1) is 7.11 Å². The van der Waals surface area contributed by atoms with Crippen LogP contribution in [0.25, 0.3) is 0 Å². The minimum atomic E-state index is -1.11. The molecule has 0 saturated heterocycles. The number of ketones is 1. The van der Waals surface area contributed by atoms with E-state index in [9.17, 15) is 14.4 Å². The van der Waals surface area contributed by atoms with Crippen molar-refractivity contribution in [2.75, 3.05) is 7.11 Å². The molecule has 6 heteroatoms. The van der Waals surface area contributed by atoms with Crippen LogP contribution >= 0.6 is 11.6 Å². The number of aryl methyl sites for hydroxylation is 1. The first-order chi connectivity index (χ1) is 9.37. The Hall–Kier alpha value is -1.88. The summed E-state index contributed by atoms with van der Waals surface area (Å²) in [4.78, 5) is 35.2. The topological polar surface area (TPSA) is 72.5 Å². The summed E-state index contributed by atoms with van der Waals surface area (Å²) in [6, 6.07) is 5.02. The van der Waals surface area contributed by atoms with E-state index in [-0.39, 0.29) is 5.78 Å². The first-order valence-electron chi connectivity index (χ1n) is 6.11. The second kappa shape index (κ2) is 5.25. The lowest BCUT2D eigenvalue weighted by Crippen LogP contribution is -2.56. The highest BCUT2D eigenvalue weighted by molar-refractivity contribution is 6.33. The number of benzene rings is 1. The molecule has 0 heterocycles. The normalized spacial score (nSPS) is 21.1. The number of hydrogen-bond donors (Lipinski definition) is 1. The maximum Gasteiger partial charge on any atom is 0.396 e. The van der Waals surface area contributed by atoms with Crippen molar-refractivity contribution in [3.8, 4) is 0 Å². The molecule has 20 heavy (non-hydrogen) atoms. The van der Waals surface area contributed by atoms with Crippen LogP contribution in [0, 0.1) is 0 Å². The van der Waals surface area contributed by atoms with Crippen LogP contribution in [0.5, 0.6) is 0 Å². The third-order valence-electron chi connectivity index (χ3n) is 3.47. The SMILES string of the molecule is COC(=O)C(=O)NC1(C)CCc2cc(Cl)ccc2C1=O. The van der Waals surface area contributed by atoms with Gasteiger partial charge in [-0.15, -0.1) is 0 Å². The van der Waals surface area contributed by atoms with E-state index in [0.717, 1.165) is 12.7 Å². The summed E-state index contributed by atoms with van der Waals surface area (Å²) in [5.74, 6) is -2.16. The van der Waals surface area contributed by atoms with Crippen molar-refractivity contribution in [2.24, 2.45) is 0 Å². The minimum Gasteiger partial charge on any atom is -0.462 e. The molecule has 0 aliphatic heterocycles. The van der Waals surface area contributed by atoms with Gasteiger partial charge in [0.25, 0.3) is 0 Å². The molecule has 1 aliphatic carbocycles. The molecule has 106 valence electrons. The smallest absolute Gasteiger partial charge is 0.396 e. The molecule has 1 amide bonds. The predicted octanol–water partition coefficient (Wildman–Crippen LogP) is 1.52. The number of methoxy groups -OCH3 is 1. The third kappa shape index (κ3) is 2.54. The van der Waals surface area contributed by atoms with Crippen LogP contribution in [0.1, 0.15) is 29.3 Å². The Morgan fingerprint density at radius 1 is 1.40 bits per heavy atom. The monoisotopic (exact) mass is 295 g/mol. The van der Waals surface area contributed by atoms with Crippen molar-refractivity contribution >= 4 is 29.3 Å². The zero-order valence-corrected chi connectivity index (χ0v) is 11.9. The molecule has 0 saturated carbocycles. The number of nitrogens with one attached hydrogen (secondary N) is 1. The van der Waals surface area contributed by atoms with Gasteiger partial charge in [0.15, 0.2) is 5.78 Å². The molecule has 1 unspecified atom stereocenters. The molecular weight excluding hydrogens is 282 g/mol. The molecule has 2 rings (SSSR count). The first-order valence-corrected chi connectivity index (χ1v) is 6.49. The van der Waals surface area contributed by atoms with Gasteiger partial charge in [-0.05, 0) is 43.5 Å². The van der Waals surface area contributed by atoms with E-state index in [2.05, 4.69) is 10.1 Å². The summed E-state index contributed by atoms with van der Waals surface area (Å²) in [5, 5.41) is 3.02. The number of esters is 1. The number of carbonyl (C=O) groups excluding carboxylic acids is 3. The van der Waals surface area contributed by atoms with Crippen LogP contribution in [0.2, 0.25) is 5.02 Å². The quantitative estimate of drug-likeness (QED) is 0.630. The highest BCUT2D eigenvalue weighted by Gasteiger charge is 2.40. The molecule has 5 nitrogen and oxygen atoms in total. The molecule has 1 N–H and O–H groups in total. The first kappa shape index (κ1) is 14.5. The lowest BCUT2D eigenvalue weighted by Gasteiger charge is -2.33. The standard InChI is InChI=1S/C14H14ClNO4/c1-14(16-12(18)13(19)20-2)6-5-8-7-9(15)3-4-10(8)11(14)17/h3-4,7H,5-6H2,1-2H3,(H,16,18). The van der Waals surface area contributed by atoms with E-state index in [0.29, 0.717) is 23.4 Å². The van der Waals surface area contributed by atoms with Gasteiger partial charge in [-0.1, -0.05) is 11.6 Å². The van der Waals surface area contributed by atoms with Crippen LogP contribution in [-0.2, 0) is 20.7 Å². The number of rotatable bonds is 1. The Morgan fingerprint density at radius 2 is 2.10 bits per heavy atom. The predicted molar refractivity (Wildman–Crippen MR) is 72.7 cm³/mol. The van der Waals surface area contributed by atoms with E-state index < -0.39 is 17.4 Å². The Balaban J connectivity index is 2.27. The number of fused-ring (bicyclic) bond motifs is 1. The largest absolute Gasteiger partial charge is 0.462 e. The highest BCUT2D eigenvalue weighted by Crippen LogP contribution is 2.30. The zero-order valence-electron chi connectivity index (χ0n) is 11.2. The maximum absolute atomic E-state index is 12.5. The van der Waals surface area contributed by atoms with Gasteiger partial charge in [0, 0.05) is 10.6 Å². The van der Waals surface area contributed by atoms with Crippen molar-refractivity contribution < 1.29 is 19.1 Å². The molecule has 0 radical (unpaired) electrons. The Bertz CT molecular complexity index is 599. The molecule has 0 spiro atoms. The van der Waals surface area contributed by atoms with E-state index in [1.54, 1.807) is 25.1 Å². The highest BCUT2D eigenvalue weighted by atomic mass is 35.5. The van der Waals surface area contributed by atoms with Gasteiger partial charge in [0.2, 0.25) is 0 Å². The van der Waals surface area contributed by atoms with Crippen molar-refractivity contribution in [1.82, 2.24) is 5.32 Å². The van der Waals surface area contributed by atoms with Gasteiger partial charge < -0.3 is 10.1 Å². The molecule has 1 aliphatic rings. The van der Waals surface area contributed by atoms with E-state index in [1.807, 2.05) is 0 Å². The second-order valence-electron chi connectivity index (χ2n) is 4.91. The summed E-state index contributed by atoms with van der Waals surface area (Å²) in [6.07, 6.45) is 1.00. The summed E-state index contributed by atoms with van der Waals surface area (Å²) < 4.78 is 4.34. The van der Waals surface area contributed by atoms with E-state index >= 15 is 0 Å². The maximum atomic E-state index is 12.5. The number of amides is 1. The van der Waals surface area contributed by atoms with Gasteiger partial charge in [-0.25, -0.2) is 4.79 Å². The summed E-state index contributed by atoms with van der Waals surface area (Å²) in [5.41, 5.74) is 0.271. The Labute approximate surface area is 121 Å². The van der Waals surface area contributed by atoms with Crippen molar-refractivity contribution in [1.29, 1.82) is 0 Å². The van der Waals surface area contributed by atoms with Crippen molar-refractivity contribution in [3.63, 3.8) is 0 Å². The fourth-order valence-corrected chi connectivity index (χ4v) is 2.49. The number of halogens is 1. The molecule has 0 fully saturated rings. The minimum absolute atomic E-state index is 0.229. The fourth-order valence-electron chi connectivity index (χ4n) is 2.30.